The van der Waals surface area contributed by atoms with Gasteiger partial charge in [-0.15, -0.1) is 11.3 Å². The topological polar surface area (TPSA) is 89.5 Å². The summed E-state index contributed by atoms with van der Waals surface area (Å²) in [6, 6.07) is 13.2. The summed E-state index contributed by atoms with van der Waals surface area (Å²) >= 11 is 1.41. The number of amides is 1. The Kier molecular flexibility index (Phi) is 4.98. The van der Waals surface area contributed by atoms with Crippen LogP contribution in [0.3, 0.4) is 0 Å². The molecule has 160 valence electrons. The van der Waals surface area contributed by atoms with Gasteiger partial charge in [-0.05, 0) is 43.9 Å². The number of benzene rings is 2. The van der Waals surface area contributed by atoms with Crippen LogP contribution in [0, 0.1) is 0 Å². The number of carbonyl (C=O) groups excluding carboxylic acids is 4. The second-order valence-corrected chi connectivity index (χ2v) is 9.02. The standard InChI is InChI=1S/C25H19NO5S/c1-13(31-25(30)20-12-14-6-4-11-19(14)32-20)24(29)26-18-10-5-9-17-21(18)23(28)16-8-3-2-7-15(16)22(17)27/h2-3,5,7-10,12-13H,4,6,11H2,1H3,(H,26,29). The predicted molar refractivity (Wildman–Crippen MR) is 120 cm³/mol. The molecule has 0 bridgehead atoms. The number of fused-ring (bicyclic) bond motifs is 3. The summed E-state index contributed by atoms with van der Waals surface area (Å²) in [6.07, 6.45) is 1.96. The van der Waals surface area contributed by atoms with Crippen LogP contribution in [0.15, 0.2) is 48.5 Å². The lowest BCUT2D eigenvalue weighted by molar-refractivity contribution is -0.123. The number of carbonyl (C=O) groups is 4. The third-order valence-corrected chi connectivity index (χ3v) is 7.03. The normalized spacial score (nSPS) is 14.9. The highest BCUT2D eigenvalue weighted by molar-refractivity contribution is 7.14. The van der Waals surface area contributed by atoms with Crippen LogP contribution in [-0.4, -0.2) is 29.5 Å². The van der Waals surface area contributed by atoms with Crippen molar-refractivity contribution in [2.45, 2.75) is 32.3 Å². The molecule has 5 rings (SSSR count). The average Bonchev–Trinajstić information content (AvgIpc) is 3.40. The van der Waals surface area contributed by atoms with Gasteiger partial charge in [0.15, 0.2) is 17.7 Å². The van der Waals surface area contributed by atoms with Gasteiger partial charge in [0.2, 0.25) is 0 Å². The van der Waals surface area contributed by atoms with Crippen molar-refractivity contribution in [2.75, 3.05) is 5.32 Å². The van der Waals surface area contributed by atoms with Crippen LogP contribution in [0.5, 0.6) is 0 Å². The molecule has 0 radical (unpaired) electrons. The largest absolute Gasteiger partial charge is 0.448 e. The van der Waals surface area contributed by atoms with E-state index in [2.05, 4.69) is 5.32 Å². The molecule has 1 unspecified atom stereocenters. The zero-order chi connectivity index (χ0) is 22.4. The fraction of sp³-hybridized carbons (Fsp3) is 0.200. The summed E-state index contributed by atoms with van der Waals surface area (Å²) in [5.74, 6) is -1.71. The van der Waals surface area contributed by atoms with Crippen LogP contribution in [0.2, 0.25) is 0 Å². The van der Waals surface area contributed by atoms with Crippen molar-refractivity contribution in [2.24, 2.45) is 0 Å². The summed E-state index contributed by atoms with van der Waals surface area (Å²) in [5.41, 5.74) is 2.44. The number of esters is 1. The summed E-state index contributed by atoms with van der Waals surface area (Å²) in [7, 11) is 0. The van der Waals surface area contributed by atoms with Crippen LogP contribution in [0.4, 0.5) is 5.69 Å². The molecule has 32 heavy (non-hydrogen) atoms. The zero-order valence-electron chi connectivity index (χ0n) is 17.3. The van der Waals surface area contributed by atoms with Crippen molar-refractivity contribution in [3.63, 3.8) is 0 Å². The van der Waals surface area contributed by atoms with Crippen LogP contribution in [0.25, 0.3) is 0 Å². The number of hydrogen-bond acceptors (Lipinski definition) is 6. The Morgan fingerprint density at radius 2 is 1.69 bits per heavy atom. The third-order valence-electron chi connectivity index (χ3n) is 5.81. The number of nitrogens with one attached hydrogen (secondary N) is 1. The van der Waals surface area contributed by atoms with Gasteiger partial charge in [-0.1, -0.05) is 36.4 Å². The van der Waals surface area contributed by atoms with Crippen LogP contribution < -0.4 is 5.32 Å². The van der Waals surface area contributed by atoms with Crippen molar-refractivity contribution < 1.29 is 23.9 Å². The molecular weight excluding hydrogens is 426 g/mol. The first-order valence-corrected chi connectivity index (χ1v) is 11.2. The molecule has 0 fully saturated rings. The van der Waals surface area contributed by atoms with Crippen molar-refractivity contribution in [3.05, 3.63) is 86.1 Å². The van der Waals surface area contributed by atoms with Gasteiger partial charge in [0.05, 0.1) is 11.3 Å². The number of anilines is 1. The molecule has 1 heterocycles. The monoisotopic (exact) mass is 445 g/mol. The average molecular weight is 445 g/mol. The van der Waals surface area contributed by atoms with Crippen LogP contribution >= 0.6 is 11.3 Å². The molecule has 6 nitrogen and oxygen atoms in total. The van der Waals surface area contributed by atoms with Gasteiger partial charge in [0, 0.05) is 21.6 Å². The van der Waals surface area contributed by atoms with E-state index in [0.717, 1.165) is 19.3 Å². The fourth-order valence-electron chi connectivity index (χ4n) is 4.19. The lowest BCUT2D eigenvalue weighted by atomic mass is 9.83. The molecular formula is C25H19NO5S. The molecule has 0 saturated carbocycles. The highest BCUT2D eigenvalue weighted by Crippen LogP contribution is 2.33. The second-order valence-electron chi connectivity index (χ2n) is 7.88. The quantitative estimate of drug-likeness (QED) is 0.476. The molecule has 0 aliphatic heterocycles. The molecule has 2 aromatic carbocycles. The first kappa shape index (κ1) is 20.3. The summed E-state index contributed by atoms with van der Waals surface area (Å²) in [5, 5.41) is 2.66. The Balaban J connectivity index is 1.35. The third kappa shape index (κ3) is 3.35. The molecule has 0 spiro atoms. The first-order chi connectivity index (χ1) is 15.4. The highest BCUT2D eigenvalue weighted by atomic mass is 32.1. The smallest absolute Gasteiger partial charge is 0.349 e. The van der Waals surface area contributed by atoms with Crippen molar-refractivity contribution >= 4 is 40.5 Å². The van der Waals surface area contributed by atoms with Crippen LogP contribution in [-0.2, 0) is 22.4 Å². The van der Waals surface area contributed by atoms with Crippen LogP contribution in [0.1, 0.15) is 65.3 Å². The summed E-state index contributed by atoms with van der Waals surface area (Å²) < 4.78 is 5.36. The van der Waals surface area contributed by atoms with Crippen molar-refractivity contribution in [1.82, 2.24) is 0 Å². The number of ketones is 2. The minimum atomic E-state index is -1.07. The lowest BCUT2D eigenvalue weighted by Crippen LogP contribution is -2.31. The number of hydrogen-bond donors (Lipinski definition) is 1. The fourth-order valence-corrected chi connectivity index (χ4v) is 5.32. The van der Waals surface area contributed by atoms with Crippen molar-refractivity contribution in [3.8, 4) is 0 Å². The maximum Gasteiger partial charge on any atom is 0.349 e. The molecule has 1 N–H and O–H groups in total. The lowest BCUT2D eigenvalue weighted by Gasteiger charge is -2.21. The number of aryl methyl sites for hydroxylation is 2. The zero-order valence-corrected chi connectivity index (χ0v) is 18.1. The minimum absolute atomic E-state index is 0.151. The molecule has 2 aliphatic carbocycles. The molecule has 1 amide bonds. The maximum atomic E-state index is 13.1. The van der Waals surface area contributed by atoms with Gasteiger partial charge in [0.1, 0.15) is 4.88 Å². The Bertz CT molecular complexity index is 1280. The maximum absolute atomic E-state index is 13.1. The van der Waals surface area contributed by atoms with E-state index >= 15 is 0 Å². The van der Waals surface area contributed by atoms with Gasteiger partial charge in [-0.3, -0.25) is 14.4 Å². The molecule has 2 aliphatic rings. The van der Waals surface area contributed by atoms with E-state index in [9.17, 15) is 19.2 Å². The molecule has 1 aromatic heterocycles. The minimum Gasteiger partial charge on any atom is -0.448 e. The van der Waals surface area contributed by atoms with E-state index in [1.54, 1.807) is 42.5 Å². The molecule has 0 saturated heterocycles. The van der Waals surface area contributed by atoms with Gasteiger partial charge < -0.3 is 10.1 Å². The van der Waals surface area contributed by atoms with Gasteiger partial charge >= 0.3 is 5.97 Å². The Hall–Kier alpha value is -3.58. The number of thiophene rings is 1. The summed E-state index contributed by atoms with van der Waals surface area (Å²) in [4.78, 5) is 52.9. The van der Waals surface area contributed by atoms with E-state index in [4.69, 9.17) is 4.74 Å². The second kappa shape index (κ2) is 7.84. The molecule has 1 atom stereocenters. The first-order valence-electron chi connectivity index (χ1n) is 10.4. The van der Waals surface area contributed by atoms with E-state index in [-0.39, 0.29) is 28.4 Å². The predicted octanol–water partition coefficient (Wildman–Crippen LogP) is 4.20. The van der Waals surface area contributed by atoms with Gasteiger partial charge in [0.25, 0.3) is 5.91 Å². The number of rotatable bonds is 4. The SMILES string of the molecule is CC(OC(=O)c1cc2c(s1)CCC2)C(=O)Nc1cccc2c1C(=O)c1ccccc1C2=O. The Labute approximate surface area is 188 Å². The van der Waals surface area contributed by atoms with Crippen molar-refractivity contribution in [1.29, 1.82) is 0 Å². The van der Waals surface area contributed by atoms with Gasteiger partial charge in [-0.25, -0.2) is 4.79 Å². The Morgan fingerprint density at radius 1 is 0.969 bits per heavy atom. The Morgan fingerprint density at radius 3 is 2.44 bits per heavy atom. The van der Waals surface area contributed by atoms with E-state index in [0.29, 0.717) is 16.0 Å². The number of ether oxygens (including phenoxy) is 1. The summed E-state index contributed by atoms with van der Waals surface area (Å²) in [6.45, 7) is 1.48. The highest BCUT2D eigenvalue weighted by Gasteiger charge is 2.32. The molecule has 3 aromatic rings. The van der Waals surface area contributed by atoms with Gasteiger partial charge in [-0.2, -0.15) is 0 Å². The van der Waals surface area contributed by atoms with E-state index in [1.165, 1.54) is 28.7 Å². The van der Waals surface area contributed by atoms with E-state index in [1.807, 2.05) is 6.07 Å². The molecule has 7 heteroatoms. The van der Waals surface area contributed by atoms with E-state index < -0.39 is 18.0 Å².